The Morgan fingerprint density at radius 3 is 2.56 bits per heavy atom. The molecule has 0 bridgehead atoms. The van der Waals surface area contributed by atoms with Crippen molar-refractivity contribution in [2.75, 3.05) is 9.80 Å². The molecule has 2 aliphatic rings. The summed E-state index contributed by atoms with van der Waals surface area (Å²) < 4.78 is 41.6. The zero-order chi connectivity index (χ0) is 27.7. The van der Waals surface area contributed by atoms with E-state index >= 15 is 0 Å². The van der Waals surface area contributed by atoms with Crippen molar-refractivity contribution >= 4 is 34.9 Å². The zero-order valence-corrected chi connectivity index (χ0v) is 21.3. The molecule has 3 atom stereocenters. The maximum Gasteiger partial charge on any atom is 0.252 e. The van der Waals surface area contributed by atoms with Gasteiger partial charge < -0.3 is 15.3 Å². The number of nitrogens with zero attached hydrogens (tertiary/aromatic N) is 4. The minimum absolute atomic E-state index is 0.0551. The van der Waals surface area contributed by atoms with Gasteiger partial charge in [-0.2, -0.15) is 0 Å². The summed E-state index contributed by atoms with van der Waals surface area (Å²) in [5, 5.41) is 13.5. The fourth-order valence-electron chi connectivity index (χ4n) is 5.10. The Bertz CT molecular complexity index is 1360. The van der Waals surface area contributed by atoms with E-state index in [1.54, 1.807) is 18.2 Å². The van der Waals surface area contributed by atoms with Crippen LogP contribution < -0.4 is 15.1 Å². The highest BCUT2D eigenvalue weighted by Gasteiger charge is 2.48. The molecule has 0 spiro atoms. The molecule has 1 saturated heterocycles. The van der Waals surface area contributed by atoms with Gasteiger partial charge in [0.2, 0.25) is 5.91 Å². The second kappa shape index (κ2) is 10.8. The lowest BCUT2D eigenvalue weighted by atomic mass is 9.87. The number of hydrogen-bond acceptors (Lipinski definition) is 6. The molecule has 2 unspecified atom stereocenters. The van der Waals surface area contributed by atoms with Crippen molar-refractivity contribution in [1.29, 1.82) is 0 Å². The van der Waals surface area contributed by atoms with Crippen LogP contribution >= 0.6 is 11.6 Å². The minimum Gasteiger partial charge on any atom is -0.374 e. The molecule has 39 heavy (non-hydrogen) atoms. The third-order valence-corrected chi connectivity index (χ3v) is 7.27. The van der Waals surface area contributed by atoms with E-state index < -0.39 is 60.7 Å². The lowest BCUT2D eigenvalue weighted by molar-refractivity contribution is -0.133. The molecule has 1 aliphatic carbocycles. The number of amides is 2. The first kappa shape index (κ1) is 26.9. The molecule has 1 aliphatic heterocycles. The first-order valence-electron chi connectivity index (χ1n) is 12.4. The van der Waals surface area contributed by atoms with E-state index in [-0.39, 0.29) is 34.9 Å². The Kier molecular flexibility index (Phi) is 7.46. The number of aliphatic hydroxyl groups is 1. The van der Waals surface area contributed by atoms with Crippen molar-refractivity contribution in [3.05, 3.63) is 83.5 Å². The molecule has 2 aromatic carbocycles. The molecule has 12 heteroatoms. The molecule has 2 heterocycles. The second-order valence-corrected chi connectivity index (χ2v) is 10.0. The van der Waals surface area contributed by atoms with Crippen LogP contribution in [0, 0.1) is 5.82 Å². The number of carbonyl (C=O) groups excluding carboxylic acids is 2. The molecule has 1 saturated carbocycles. The second-order valence-electron chi connectivity index (χ2n) is 9.63. The molecule has 2 amide bonds. The van der Waals surface area contributed by atoms with Gasteiger partial charge in [-0.05, 0) is 37.1 Å². The highest BCUT2D eigenvalue weighted by molar-refractivity contribution is 6.31. The third kappa shape index (κ3) is 5.55. The number of anilines is 2. The summed E-state index contributed by atoms with van der Waals surface area (Å²) in [6.45, 7) is 0. The van der Waals surface area contributed by atoms with Crippen LogP contribution in [-0.4, -0.2) is 51.1 Å². The summed E-state index contributed by atoms with van der Waals surface area (Å²) in [6.07, 6.45) is 2.57. The highest BCUT2D eigenvalue weighted by atomic mass is 35.5. The van der Waals surface area contributed by atoms with E-state index in [4.69, 9.17) is 11.6 Å². The summed E-state index contributed by atoms with van der Waals surface area (Å²) in [7, 11) is 0. The maximum atomic E-state index is 14.5. The van der Waals surface area contributed by atoms with Gasteiger partial charge in [0.25, 0.3) is 11.8 Å². The van der Waals surface area contributed by atoms with Crippen molar-refractivity contribution in [3.63, 3.8) is 0 Å². The Morgan fingerprint density at radius 1 is 1.13 bits per heavy atom. The van der Waals surface area contributed by atoms with Crippen LogP contribution in [0.1, 0.15) is 37.3 Å². The largest absolute Gasteiger partial charge is 0.374 e. The predicted molar refractivity (Wildman–Crippen MR) is 138 cm³/mol. The first-order chi connectivity index (χ1) is 18.6. The summed E-state index contributed by atoms with van der Waals surface area (Å²) in [6, 6.07) is 8.28. The van der Waals surface area contributed by atoms with Gasteiger partial charge in [-0.3, -0.25) is 19.5 Å². The Hall–Kier alpha value is -3.70. The molecular weight excluding hydrogens is 535 g/mol. The summed E-state index contributed by atoms with van der Waals surface area (Å²) in [5.74, 6) is -4.67. The molecule has 0 radical (unpaired) electrons. The van der Waals surface area contributed by atoms with Gasteiger partial charge in [-0.1, -0.05) is 35.9 Å². The van der Waals surface area contributed by atoms with Gasteiger partial charge in [0.15, 0.2) is 0 Å². The van der Waals surface area contributed by atoms with E-state index in [1.165, 1.54) is 47.8 Å². The third-order valence-electron chi connectivity index (χ3n) is 6.92. The number of alkyl halides is 2. The number of hydrogen-bond donors (Lipinski definition) is 2. The summed E-state index contributed by atoms with van der Waals surface area (Å²) >= 11 is 6.49. The number of aromatic nitrogens is 2. The van der Waals surface area contributed by atoms with E-state index in [0.717, 1.165) is 11.0 Å². The lowest BCUT2D eigenvalue weighted by Crippen LogP contribution is -2.56. The normalized spacial score (nSPS) is 21.2. The minimum atomic E-state index is -2.88. The van der Waals surface area contributed by atoms with Gasteiger partial charge >= 0.3 is 0 Å². The van der Waals surface area contributed by atoms with Crippen LogP contribution in [0.25, 0.3) is 0 Å². The van der Waals surface area contributed by atoms with Gasteiger partial charge in [0.1, 0.15) is 29.9 Å². The fourth-order valence-corrected chi connectivity index (χ4v) is 5.34. The van der Waals surface area contributed by atoms with E-state index in [2.05, 4.69) is 15.3 Å². The molecular formula is C27H25ClF3N5O3. The number of nitrogens with one attached hydrogen (secondary N) is 1. The van der Waals surface area contributed by atoms with Crippen LogP contribution in [0.15, 0.2) is 67.1 Å². The maximum absolute atomic E-state index is 14.5. The topological polar surface area (TPSA) is 98.7 Å². The number of benzene rings is 2. The number of halogens is 4. The van der Waals surface area contributed by atoms with Crippen LogP contribution in [0.2, 0.25) is 5.02 Å². The van der Waals surface area contributed by atoms with Gasteiger partial charge in [-0.25, -0.2) is 18.2 Å². The molecule has 1 aromatic heterocycles. The zero-order valence-electron chi connectivity index (χ0n) is 20.6. The van der Waals surface area contributed by atoms with Crippen LogP contribution in [-0.2, 0) is 9.59 Å². The van der Waals surface area contributed by atoms with Crippen LogP contribution in [0.3, 0.4) is 0 Å². The average Bonchev–Trinajstić information content (AvgIpc) is 3.28. The molecule has 204 valence electrons. The lowest BCUT2D eigenvalue weighted by Gasteiger charge is -2.39. The summed E-state index contributed by atoms with van der Waals surface area (Å²) in [4.78, 5) is 38.9. The Balaban J connectivity index is 1.59. The fraction of sp³-hybridized carbons (Fsp3) is 0.333. The Morgan fingerprint density at radius 2 is 1.90 bits per heavy atom. The molecule has 5 rings (SSSR count). The van der Waals surface area contributed by atoms with Gasteiger partial charge in [0, 0.05) is 47.6 Å². The van der Waals surface area contributed by atoms with Crippen molar-refractivity contribution in [2.24, 2.45) is 0 Å². The summed E-state index contributed by atoms with van der Waals surface area (Å²) in [5.41, 5.74) is 0.282. The van der Waals surface area contributed by atoms with E-state index in [1.807, 2.05) is 0 Å². The van der Waals surface area contributed by atoms with Gasteiger partial charge in [-0.15, -0.1) is 0 Å². The molecule has 2 fully saturated rings. The standard InChI is InChI=1S/C27H25ClF3N5O3/c28-20-7-2-1-6-19(20)24(25(38)34-17-13-27(30,31)14-17)35(18-5-3-4-16(29)12-18)26(39)21-8-9-23(37)36(21)22-15-32-10-11-33-22/h1-7,10-12,15,17,21,23-24,37H,8-9,13-14H2,(H,34,38)/t21-,23?,24?/m0/s1. The average molecular weight is 560 g/mol. The number of rotatable bonds is 7. The predicted octanol–water partition coefficient (Wildman–Crippen LogP) is 4.24. The monoisotopic (exact) mass is 559 g/mol. The molecule has 2 N–H and O–H groups in total. The highest BCUT2D eigenvalue weighted by Crippen LogP contribution is 2.40. The smallest absolute Gasteiger partial charge is 0.252 e. The van der Waals surface area contributed by atoms with Crippen LogP contribution in [0.4, 0.5) is 24.7 Å². The van der Waals surface area contributed by atoms with Crippen molar-refractivity contribution in [1.82, 2.24) is 15.3 Å². The van der Waals surface area contributed by atoms with Gasteiger partial charge in [0.05, 0.1) is 6.20 Å². The van der Waals surface area contributed by atoms with E-state index in [0.29, 0.717) is 0 Å². The van der Waals surface area contributed by atoms with Crippen molar-refractivity contribution in [2.45, 2.75) is 56.0 Å². The molecule has 3 aromatic rings. The first-order valence-corrected chi connectivity index (χ1v) is 12.8. The number of aliphatic hydroxyl groups excluding tert-OH is 1. The quantitative estimate of drug-likeness (QED) is 0.449. The van der Waals surface area contributed by atoms with Crippen LogP contribution in [0.5, 0.6) is 0 Å². The number of carbonyl (C=O) groups is 2. The Labute approximate surface area is 227 Å². The van der Waals surface area contributed by atoms with Crippen molar-refractivity contribution < 1.29 is 27.9 Å². The van der Waals surface area contributed by atoms with Crippen molar-refractivity contribution in [3.8, 4) is 0 Å². The molecule has 8 nitrogen and oxygen atoms in total. The van der Waals surface area contributed by atoms with E-state index in [9.17, 15) is 27.9 Å². The SMILES string of the molecule is O=C(NC1CC(F)(F)C1)C(c1ccccc1Cl)N(C(=O)[C@@H]1CCC(O)N1c1cnccn1)c1cccc(F)c1.